The number of nitrogens with zero attached hydrogens (tertiary/aromatic N) is 4. The van der Waals surface area contributed by atoms with Gasteiger partial charge in [-0.25, -0.2) is 0 Å². The smallest absolute Gasteiger partial charge is 0.291 e. The highest BCUT2D eigenvalue weighted by atomic mass is 32.1. The van der Waals surface area contributed by atoms with Crippen molar-refractivity contribution in [2.24, 2.45) is 0 Å². The Morgan fingerprint density at radius 2 is 1.64 bits per heavy atom. The van der Waals surface area contributed by atoms with Crippen molar-refractivity contribution in [3.05, 3.63) is 74.5 Å². The van der Waals surface area contributed by atoms with Crippen LogP contribution in [0.2, 0.25) is 0 Å². The summed E-state index contributed by atoms with van der Waals surface area (Å²) in [4.78, 5) is 33.7. The van der Waals surface area contributed by atoms with Gasteiger partial charge in [-0.2, -0.15) is 9.50 Å². The maximum absolute atomic E-state index is 13.5. The number of hydrogen-bond acceptors (Lipinski definition) is 5. The third-order valence-corrected chi connectivity index (χ3v) is 7.21. The van der Waals surface area contributed by atoms with Gasteiger partial charge in [-0.05, 0) is 25.0 Å². The van der Waals surface area contributed by atoms with E-state index in [9.17, 15) is 9.59 Å². The van der Waals surface area contributed by atoms with E-state index in [1.165, 1.54) is 35.1 Å². The zero-order chi connectivity index (χ0) is 22.9. The van der Waals surface area contributed by atoms with Gasteiger partial charge in [0.1, 0.15) is 4.53 Å². The van der Waals surface area contributed by atoms with Gasteiger partial charge in [-0.1, -0.05) is 86.4 Å². The van der Waals surface area contributed by atoms with Crippen molar-refractivity contribution < 1.29 is 4.79 Å². The average molecular weight is 459 g/mol. The average Bonchev–Trinajstić information content (AvgIpc) is 3.45. The standard InChI is InChI=1S/C26H26N4O2S/c1-3-4-5-6-11-16-29-20-15-10-9-14-19(20)21(24(29)31)22-25(32)30-26(33-22)27-23(28-30)18-13-8-7-12-17(18)2/h7-10,12-15H,3-6,11,16H2,1-2H3/b22-21-. The minimum absolute atomic E-state index is 0.104. The fraction of sp³-hybridized carbons (Fsp3) is 0.308. The van der Waals surface area contributed by atoms with Crippen LogP contribution >= 0.6 is 11.3 Å². The summed E-state index contributed by atoms with van der Waals surface area (Å²) in [7, 11) is 0. The number of amides is 1. The summed E-state index contributed by atoms with van der Waals surface area (Å²) in [5.41, 5.74) is 3.83. The third-order valence-electron chi connectivity index (χ3n) is 6.18. The number of hydrogen-bond donors (Lipinski definition) is 0. The van der Waals surface area contributed by atoms with Crippen LogP contribution in [0.1, 0.15) is 50.2 Å². The van der Waals surface area contributed by atoms with Crippen LogP contribution in [0.5, 0.6) is 0 Å². The largest absolute Gasteiger partial charge is 0.308 e. The quantitative estimate of drug-likeness (QED) is 0.386. The van der Waals surface area contributed by atoms with E-state index in [1.807, 2.05) is 60.4 Å². The summed E-state index contributed by atoms with van der Waals surface area (Å²) in [6.45, 7) is 4.85. The van der Waals surface area contributed by atoms with Crippen LogP contribution in [0.15, 0.2) is 53.3 Å². The van der Waals surface area contributed by atoms with E-state index < -0.39 is 0 Å². The second-order valence-corrected chi connectivity index (χ2v) is 9.42. The van der Waals surface area contributed by atoms with E-state index in [1.54, 1.807) is 0 Å². The number of aromatic nitrogens is 3. The first kappa shape index (κ1) is 21.5. The second-order valence-electron chi connectivity index (χ2n) is 8.44. The maximum Gasteiger partial charge on any atom is 0.291 e. The molecule has 0 fully saturated rings. The summed E-state index contributed by atoms with van der Waals surface area (Å²) >= 11 is 1.24. The molecular formula is C26H26N4O2S. The lowest BCUT2D eigenvalue weighted by Gasteiger charge is -2.16. The molecule has 2 aromatic heterocycles. The van der Waals surface area contributed by atoms with Crippen LogP contribution in [-0.2, 0) is 4.79 Å². The number of carbonyl (C=O) groups excluding carboxylic acids is 1. The fourth-order valence-electron chi connectivity index (χ4n) is 4.42. The Kier molecular flexibility index (Phi) is 5.81. The molecule has 1 aliphatic heterocycles. The van der Waals surface area contributed by atoms with Gasteiger partial charge >= 0.3 is 0 Å². The van der Waals surface area contributed by atoms with Gasteiger partial charge < -0.3 is 4.90 Å². The zero-order valence-electron chi connectivity index (χ0n) is 18.9. The van der Waals surface area contributed by atoms with Gasteiger partial charge in [0.15, 0.2) is 5.82 Å². The van der Waals surface area contributed by atoms with Gasteiger partial charge in [0, 0.05) is 17.7 Å². The molecule has 0 aliphatic carbocycles. The topological polar surface area (TPSA) is 67.6 Å². The fourth-order valence-corrected chi connectivity index (χ4v) is 5.42. The Labute approximate surface area is 196 Å². The van der Waals surface area contributed by atoms with Crippen LogP contribution in [0.3, 0.4) is 0 Å². The molecule has 0 bridgehead atoms. The molecule has 33 heavy (non-hydrogen) atoms. The Hall–Kier alpha value is -3.32. The molecule has 0 saturated heterocycles. The van der Waals surface area contributed by atoms with Crippen molar-refractivity contribution in [2.45, 2.75) is 46.0 Å². The van der Waals surface area contributed by atoms with E-state index in [0.717, 1.165) is 35.2 Å². The number of benzene rings is 2. The molecule has 6 nitrogen and oxygen atoms in total. The minimum atomic E-state index is -0.287. The molecular weight excluding hydrogens is 432 g/mol. The van der Waals surface area contributed by atoms with Crippen molar-refractivity contribution >= 4 is 33.5 Å². The van der Waals surface area contributed by atoms with E-state index in [-0.39, 0.29) is 11.5 Å². The van der Waals surface area contributed by atoms with Crippen LogP contribution in [0.25, 0.3) is 21.9 Å². The van der Waals surface area contributed by atoms with Crippen molar-refractivity contribution in [3.8, 4) is 11.4 Å². The van der Waals surface area contributed by atoms with E-state index in [2.05, 4.69) is 17.0 Å². The summed E-state index contributed by atoms with van der Waals surface area (Å²) in [6.07, 6.45) is 5.63. The third kappa shape index (κ3) is 3.76. The first-order valence-electron chi connectivity index (χ1n) is 11.5. The summed E-state index contributed by atoms with van der Waals surface area (Å²) in [6, 6.07) is 15.6. The number of rotatable bonds is 7. The molecule has 0 atom stereocenters. The molecule has 168 valence electrons. The zero-order valence-corrected chi connectivity index (χ0v) is 19.7. The van der Waals surface area contributed by atoms with Crippen LogP contribution < -0.4 is 15.0 Å². The van der Waals surface area contributed by atoms with Crippen LogP contribution in [-0.4, -0.2) is 27.0 Å². The monoisotopic (exact) mass is 458 g/mol. The van der Waals surface area contributed by atoms with Gasteiger partial charge in [-0.15, -0.1) is 5.10 Å². The normalized spacial score (nSPS) is 15.0. The molecule has 0 N–H and O–H groups in total. The Balaban J connectivity index is 1.56. The molecule has 4 aromatic rings. The lowest BCUT2D eigenvalue weighted by Crippen LogP contribution is -2.33. The molecule has 5 rings (SSSR count). The molecule has 7 heteroatoms. The highest BCUT2D eigenvalue weighted by Gasteiger charge is 2.33. The molecule has 1 aliphatic rings. The Morgan fingerprint density at radius 3 is 2.39 bits per heavy atom. The molecule has 0 unspecified atom stereocenters. The second kappa shape index (κ2) is 8.90. The van der Waals surface area contributed by atoms with E-state index in [4.69, 9.17) is 0 Å². The van der Waals surface area contributed by atoms with Crippen molar-refractivity contribution in [3.63, 3.8) is 0 Å². The SMILES string of the molecule is CCCCCCCN1C(=O)/C(=c2\sc3nc(-c4ccccc4C)nn3c2=O)c2ccccc21. The Morgan fingerprint density at radius 1 is 0.909 bits per heavy atom. The molecule has 0 radical (unpaired) electrons. The van der Waals surface area contributed by atoms with Gasteiger partial charge in [0.2, 0.25) is 4.96 Å². The lowest BCUT2D eigenvalue weighted by atomic mass is 10.1. The number of aryl methyl sites for hydroxylation is 1. The highest BCUT2D eigenvalue weighted by molar-refractivity contribution is 7.15. The molecule has 3 heterocycles. The van der Waals surface area contributed by atoms with E-state index in [0.29, 0.717) is 27.4 Å². The first-order chi connectivity index (χ1) is 16.1. The predicted octanol–water partition coefficient (Wildman–Crippen LogP) is 4.36. The van der Waals surface area contributed by atoms with Crippen LogP contribution in [0.4, 0.5) is 5.69 Å². The number of anilines is 1. The first-order valence-corrected chi connectivity index (χ1v) is 12.3. The molecule has 0 saturated carbocycles. The highest BCUT2D eigenvalue weighted by Crippen LogP contribution is 2.35. The predicted molar refractivity (Wildman–Crippen MR) is 133 cm³/mol. The lowest BCUT2D eigenvalue weighted by molar-refractivity contribution is -0.113. The summed E-state index contributed by atoms with van der Waals surface area (Å²) < 4.78 is 1.74. The molecule has 2 aromatic carbocycles. The number of para-hydroxylation sites is 1. The summed E-state index contributed by atoms with van der Waals surface area (Å²) in [5, 5.41) is 4.48. The van der Waals surface area contributed by atoms with Crippen molar-refractivity contribution in [1.82, 2.24) is 14.6 Å². The molecule has 0 spiro atoms. The van der Waals surface area contributed by atoms with E-state index >= 15 is 0 Å². The number of unbranched alkanes of at least 4 members (excludes halogenated alkanes) is 4. The van der Waals surface area contributed by atoms with Gasteiger partial charge in [0.25, 0.3) is 11.5 Å². The van der Waals surface area contributed by atoms with Gasteiger partial charge in [-0.3, -0.25) is 9.59 Å². The molecule has 1 amide bonds. The number of fused-ring (bicyclic) bond motifs is 2. The van der Waals surface area contributed by atoms with Crippen molar-refractivity contribution in [2.75, 3.05) is 11.4 Å². The summed E-state index contributed by atoms with van der Waals surface area (Å²) in [5.74, 6) is 0.423. The van der Waals surface area contributed by atoms with Crippen molar-refractivity contribution in [1.29, 1.82) is 0 Å². The number of thiazole rings is 1. The maximum atomic E-state index is 13.5. The number of carbonyl (C=O) groups is 1. The Bertz CT molecular complexity index is 1450. The minimum Gasteiger partial charge on any atom is -0.308 e. The van der Waals surface area contributed by atoms with Gasteiger partial charge in [0.05, 0.1) is 11.3 Å². The van der Waals surface area contributed by atoms with Crippen LogP contribution in [0, 0.1) is 6.92 Å².